The van der Waals surface area contributed by atoms with Gasteiger partial charge in [-0.15, -0.1) is 0 Å². The molecule has 0 spiro atoms. The molecule has 0 radical (unpaired) electrons. The lowest BCUT2D eigenvalue weighted by molar-refractivity contribution is -0.143. The molecule has 0 aliphatic rings. The zero-order valence-electron chi connectivity index (χ0n) is 9.71. The van der Waals surface area contributed by atoms with Crippen molar-refractivity contribution >= 4 is 5.97 Å². The maximum Gasteiger partial charge on any atom is 0.331 e. The molecule has 1 rings (SSSR count). The molecular weight excluding hydrogens is 222 g/mol. The van der Waals surface area contributed by atoms with Crippen LogP contribution in [0.1, 0.15) is 25.6 Å². The number of rotatable bonds is 5. The smallest absolute Gasteiger partial charge is 0.331 e. The number of hydrogen-bond acceptors (Lipinski definition) is 6. The lowest BCUT2D eigenvalue weighted by atomic mass is 10.1. The Morgan fingerprint density at radius 3 is 2.88 bits per heavy atom. The summed E-state index contributed by atoms with van der Waals surface area (Å²) in [6.45, 7) is 4.15. The lowest BCUT2D eigenvalue weighted by Crippen LogP contribution is -2.17. The summed E-state index contributed by atoms with van der Waals surface area (Å²) < 4.78 is 9.94. The summed E-state index contributed by atoms with van der Waals surface area (Å²) in [5.74, 6) is -1.34. The number of nitriles is 1. The first-order valence-corrected chi connectivity index (χ1v) is 5.24. The third-order valence-electron chi connectivity index (χ3n) is 1.85. The Hall–Kier alpha value is -2.16. The second-order valence-electron chi connectivity index (χ2n) is 3.00. The first-order valence-electron chi connectivity index (χ1n) is 5.24. The van der Waals surface area contributed by atoms with Gasteiger partial charge in [-0.3, -0.25) is 4.79 Å². The molecule has 1 heterocycles. The minimum atomic E-state index is -1.12. The minimum Gasteiger partial charge on any atom is -0.478 e. The van der Waals surface area contributed by atoms with Crippen LogP contribution in [0.3, 0.4) is 0 Å². The SMILES string of the molecule is CCOC(=O)C(C#N)c1nccc(OCC)n1. The van der Waals surface area contributed by atoms with Crippen molar-refractivity contribution in [1.29, 1.82) is 5.26 Å². The van der Waals surface area contributed by atoms with Gasteiger partial charge in [-0.1, -0.05) is 0 Å². The second kappa shape index (κ2) is 6.43. The minimum absolute atomic E-state index is 0.0944. The highest BCUT2D eigenvalue weighted by molar-refractivity contribution is 5.80. The van der Waals surface area contributed by atoms with E-state index in [9.17, 15) is 4.79 Å². The molecule has 0 saturated heterocycles. The molecule has 90 valence electrons. The Kier molecular flexibility index (Phi) is 4.88. The molecule has 0 aromatic carbocycles. The zero-order valence-corrected chi connectivity index (χ0v) is 9.71. The molecule has 0 amide bonds. The molecule has 0 saturated carbocycles. The predicted molar refractivity (Wildman–Crippen MR) is 58.2 cm³/mol. The maximum absolute atomic E-state index is 11.5. The molecule has 6 heteroatoms. The van der Waals surface area contributed by atoms with Crippen molar-refractivity contribution in [1.82, 2.24) is 9.97 Å². The predicted octanol–water partition coefficient (Wildman–Crippen LogP) is 1.05. The van der Waals surface area contributed by atoms with Gasteiger partial charge in [-0.05, 0) is 13.8 Å². The molecule has 0 aliphatic heterocycles. The number of aromatic nitrogens is 2. The number of carbonyl (C=O) groups excluding carboxylic acids is 1. The lowest BCUT2D eigenvalue weighted by Gasteiger charge is -2.08. The van der Waals surface area contributed by atoms with Crippen LogP contribution in [-0.4, -0.2) is 29.2 Å². The van der Waals surface area contributed by atoms with Gasteiger partial charge in [-0.2, -0.15) is 10.2 Å². The molecule has 17 heavy (non-hydrogen) atoms. The van der Waals surface area contributed by atoms with E-state index in [0.29, 0.717) is 12.5 Å². The molecule has 0 aliphatic carbocycles. The fourth-order valence-electron chi connectivity index (χ4n) is 1.17. The Morgan fingerprint density at radius 2 is 2.29 bits per heavy atom. The zero-order chi connectivity index (χ0) is 12.7. The number of hydrogen-bond donors (Lipinski definition) is 0. The monoisotopic (exact) mass is 235 g/mol. The van der Waals surface area contributed by atoms with Crippen molar-refractivity contribution in [2.24, 2.45) is 0 Å². The number of ether oxygens (including phenoxy) is 2. The Labute approximate surface area is 99.2 Å². The topological polar surface area (TPSA) is 85.1 Å². The fourth-order valence-corrected chi connectivity index (χ4v) is 1.17. The van der Waals surface area contributed by atoms with Crippen LogP contribution in [0, 0.1) is 11.3 Å². The molecule has 1 atom stereocenters. The van der Waals surface area contributed by atoms with E-state index in [1.165, 1.54) is 6.20 Å². The summed E-state index contributed by atoms with van der Waals surface area (Å²) >= 11 is 0. The quantitative estimate of drug-likeness (QED) is 0.709. The van der Waals surface area contributed by atoms with E-state index in [1.54, 1.807) is 13.0 Å². The van der Waals surface area contributed by atoms with Gasteiger partial charge < -0.3 is 9.47 Å². The van der Waals surface area contributed by atoms with E-state index in [2.05, 4.69) is 9.97 Å². The van der Waals surface area contributed by atoms with Crippen LogP contribution in [0.5, 0.6) is 5.88 Å². The van der Waals surface area contributed by atoms with Crippen molar-refractivity contribution in [2.75, 3.05) is 13.2 Å². The van der Waals surface area contributed by atoms with Crippen molar-refractivity contribution < 1.29 is 14.3 Å². The van der Waals surface area contributed by atoms with Crippen LogP contribution in [0.25, 0.3) is 0 Å². The Bertz CT molecular complexity index is 428. The Morgan fingerprint density at radius 1 is 1.53 bits per heavy atom. The van der Waals surface area contributed by atoms with Crippen LogP contribution in [0.2, 0.25) is 0 Å². The summed E-state index contributed by atoms with van der Waals surface area (Å²) in [6, 6.07) is 3.38. The van der Waals surface area contributed by atoms with Crippen molar-refractivity contribution in [2.45, 2.75) is 19.8 Å². The molecule has 6 nitrogen and oxygen atoms in total. The van der Waals surface area contributed by atoms with Crippen molar-refractivity contribution in [3.05, 3.63) is 18.1 Å². The van der Waals surface area contributed by atoms with Crippen molar-refractivity contribution in [3.8, 4) is 11.9 Å². The van der Waals surface area contributed by atoms with E-state index in [4.69, 9.17) is 14.7 Å². The summed E-state index contributed by atoms with van der Waals surface area (Å²) in [5, 5.41) is 8.93. The standard InChI is InChI=1S/C11H13N3O3/c1-3-16-9-5-6-13-10(14-9)8(7-12)11(15)17-4-2/h5-6,8H,3-4H2,1-2H3. The van der Waals surface area contributed by atoms with Crippen LogP contribution in [0.4, 0.5) is 0 Å². The summed E-state index contributed by atoms with van der Waals surface area (Å²) in [6.07, 6.45) is 1.44. The van der Waals surface area contributed by atoms with Gasteiger partial charge >= 0.3 is 5.97 Å². The summed E-state index contributed by atoms with van der Waals surface area (Å²) in [5.41, 5.74) is 0. The summed E-state index contributed by atoms with van der Waals surface area (Å²) in [7, 11) is 0. The van der Waals surface area contributed by atoms with Crippen molar-refractivity contribution in [3.63, 3.8) is 0 Å². The highest BCUT2D eigenvalue weighted by atomic mass is 16.5. The maximum atomic E-state index is 11.5. The number of carbonyl (C=O) groups is 1. The van der Waals surface area contributed by atoms with Crippen LogP contribution < -0.4 is 4.74 Å². The van der Waals surface area contributed by atoms with E-state index in [1.807, 2.05) is 13.0 Å². The normalized spacial score (nSPS) is 11.4. The molecule has 0 N–H and O–H groups in total. The second-order valence-corrected chi connectivity index (χ2v) is 3.00. The molecule has 1 aromatic heterocycles. The van der Waals surface area contributed by atoms with Crippen LogP contribution >= 0.6 is 0 Å². The molecule has 0 fully saturated rings. The third kappa shape index (κ3) is 3.41. The molecule has 1 aromatic rings. The first-order chi connectivity index (χ1) is 8.22. The highest BCUT2D eigenvalue weighted by Crippen LogP contribution is 2.15. The fraction of sp³-hybridized carbons (Fsp3) is 0.455. The van der Waals surface area contributed by atoms with E-state index in [0.717, 1.165) is 0 Å². The van der Waals surface area contributed by atoms with Gasteiger partial charge in [0.15, 0.2) is 5.82 Å². The molecular formula is C11H13N3O3. The van der Waals surface area contributed by atoms with Crippen LogP contribution in [-0.2, 0) is 9.53 Å². The van der Waals surface area contributed by atoms with Gasteiger partial charge in [-0.25, -0.2) is 4.98 Å². The average Bonchev–Trinajstić information content (AvgIpc) is 2.31. The van der Waals surface area contributed by atoms with E-state index >= 15 is 0 Å². The van der Waals surface area contributed by atoms with Gasteiger partial charge in [0.25, 0.3) is 0 Å². The highest BCUT2D eigenvalue weighted by Gasteiger charge is 2.24. The van der Waals surface area contributed by atoms with Gasteiger partial charge in [0, 0.05) is 12.3 Å². The number of nitrogens with zero attached hydrogens (tertiary/aromatic N) is 3. The molecule has 0 bridgehead atoms. The molecule has 1 unspecified atom stereocenters. The van der Waals surface area contributed by atoms with Gasteiger partial charge in [0.2, 0.25) is 11.8 Å². The third-order valence-corrected chi connectivity index (χ3v) is 1.85. The van der Waals surface area contributed by atoms with E-state index in [-0.39, 0.29) is 12.4 Å². The summed E-state index contributed by atoms with van der Waals surface area (Å²) in [4.78, 5) is 19.3. The van der Waals surface area contributed by atoms with Gasteiger partial charge in [0.05, 0.1) is 19.3 Å². The van der Waals surface area contributed by atoms with Gasteiger partial charge in [0.1, 0.15) is 0 Å². The largest absolute Gasteiger partial charge is 0.478 e. The van der Waals surface area contributed by atoms with E-state index < -0.39 is 11.9 Å². The number of esters is 1. The first kappa shape index (κ1) is 12.9. The van der Waals surface area contributed by atoms with Crippen LogP contribution in [0.15, 0.2) is 12.3 Å². The Balaban J connectivity index is 2.92. The average molecular weight is 235 g/mol.